The van der Waals surface area contributed by atoms with Crippen molar-refractivity contribution in [2.45, 2.75) is 18.6 Å². The van der Waals surface area contributed by atoms with Gasteiger partial charge in [-0.25, -0.2) is 4.98 Å². The van der Waals surface area contributed by atoms with Crippen molar-refractivity contribution in [1.29, 1.82) is 0 Å². The van der Waals surface area contributed by atoms with E-state index in [1.54, 1.807) is 13.3 Å². The van der Waals surface area contributed by atoms with Crippen LogP contribution < -0.4 is 10.6 Å². The molecule has 9 nitrogen and oxygen atoms in total. The minimum Gasteiger partial charge on any atom is -0.357 e. The molecule has 0 amide bonds. The Labute approximate surface area is 125 Å². The van der Waals surface area contributed by atoms with Gasteiger partial charge in [0.15, 0.2) is 0 Å². The summed E-state index contributed by atoms with van der Waals surface area (Å²) in [5.74, 6) is 1.25. The van der Waals surface area contributed by atoms with Crippen molar-refractivity contribution in [3.05, 3.63) is 12.7 Å². The van der Waals surface area contributed by atoms with Crippen molar-refractivity contribution in [2.24, 2.45) is 0 Å². The zero-order chi connectivity index (χ0) is 15.2. The fourth-order valence-corrected chi connectivity index (χ4v) is 1.97. The van der Waals surface area contributed by atoms with Gasteiger partial charge in [0.25, 0.3) is 5.95 Å². The highest BCUT2D eigenvalue weighted by Crippen LogP contribution is 2.08. The second-order valence-corrected chi connectivity index (χ2v) is 6.20. The topological polar surface area (TPSA) is 111 Å². The van der Waals surface area contributed by atoms with Gasteiger partial charge in [0.1, 0.15) is 12.7 Å². The Morgan fingerprint density at radius 2 is 2.10 bits per heavy atom. The lowest BCUT2D eigenvalue weighted by Gasteiger charge is -2.10. The molecule has 0 fully saturated rings. The molecular formula is C11H18N8OS. The smallest absolute Gasteiger partial charge is 0.258 e. The lowest BCUT2D eigenvalue weighted by Crippen LogP contribution is -2.17. The maximum absolute atomic E-state index is 11.3. The second-order valence-electron chi connectivity index (χ2n) is 4.40. The molecule has 0 aliphatic carbocycles. The van der Waals surface area contributed by atoms with Crippen LogP contribution in [-0.4, -0.2) is 59.0 Å². The summed E-state index contributed by atoms with van der Waals surface area (Å²) in [5.41, 5.74) is 0. The zero-order valence-electron chi connectivity index (χ0n) is 12.1. The molecule has 2 unspecified atom stereocenters. The van der Waals surface area contributed by atoms with Crippen LogP contribution in [-0.2, 0) is 10.8 Å². The summed E-state index contributed by atoms with van der Waals surface area (Å²) >= 11 is 0. The van der Waals surface area contributed by atoms with Crippen molar-refractivity contribution >= 4 is 22.7 Å². The van der Waals surface area contributed by atoms with E-state index in [0.29, 0.717) is 24.4 Å². The highest BCUT2D eigenvalue weighted by Gasteiger charge is 2.09. The van der Waals surface area contributed by atoms with Gasteiger partial charge >= 0.3 is 0 Å². The number of hydrogen-bond acceptors (Lipinski definition) is 8. The number of anilines is 2. The van der Waals surface area contributed by atoms with Crippen LogP contribution in [0.1, 0.15) is 13.3 Å². The molecule has 21 heavy (non-hydrogen) atoms. The van der Waals surface area contributed by atoms with E-state index in [1.165, 1.54) is 17.3 Å². The minimum absolute atomic E-state index is 0.123. The first-order valence-electron chi connectivity index (χ1n) is 6.45. The third kappa shape index (κ3) is 4.18. The van der Waals surface area contributed by atoms with Crippen LogP contribution in [0.4, 0.5) is 11.9 Å². The van der Waals surface area contributed by atoms with Gasteiger partial charge in [-0.2, -0.15) is 24.7 Å². The number of nitrogens with zero attached hydrogens (tertiary/aromatic N) is 6. The number of aromatic nitrogens is 6. The van der Waals surface area contributed by atoms with Crippen LogP contribution in [0.2, 0.25) is 0 Å². The molecule has 0 spiro atoms. The molecule has 0 saturated carbocycles. The van der Waals surface area contributed by atoms with Gasteiger partial charge in [0, 0.05) is 35.9 Å². The maximum atomic E-state index is 11.3. The molecule has 2 aromatic heterocycles. The molecule has 0 aliphatic rings. The molecule has 2 heterocycles. The van der Waals surface area contributed by atoms with Crippen molar-refractivity contribution in [3.8, 4) is 5.95 Å². The van der Waals surface area contributed by atoms with Gasteiger partial charge in [0.2, 0.25) is 11.9 Å². The molecule has 0 radical (unpaired) electrons. The summed E-state index contributed by atoms with van der Waals surface area (Å²) in [6.45, 7) is 2.58. The molecule has 0 aliphatic heterocycles. The molecule has 0 aromatic carbocycles. The Morgan fingerprint density at radius 1 is 1.33 bits per heavy atom. The number of rotatable bonds is 7. The third-order valence-corrected chi connectivity index (χ3v) is 4.24. The maximum Gasteiger partial charge on any atom is 0.258 e. The van der Waals surface area contributed by atoms with E-state index in [0.717, 1.165) is 6.42 Å². The van der Waals surface area contributed by atoms with Crippen LogP contribution in [0.5, 0.6) is 0 Å². The SMILES string of the molecule is CNc1nc(NCCC(C)S(C)=O)nc(-n2cncn2)n1. The summed E-state index contributed by atoms with van der Waals surface area (Å²) in [6.07, 6.45) is 5.40. The number of hydrogen-bond donors (Lipinski definition) is 2. The first-order chi connectivity index (χ1) is 10.1. The predicted molar refractivity (Wildman–Crippen MR) is 80.9 cm³/mol. The second kappa shape index (κ2) is 7.07. The molecule has 0 bridgehead atoms. The van der Waals surface area contributed by atoms with E-state index in [4.69, 9.17) is 0 Å². The van der Waals surface area contributed by atoms with E-state index in [1.807, 2.05) is 6.92 Å². The largest absolute Gasteiger partial charge is 0.357 e. The minimum atomic E-state index is -0.831. The standard InChI is InChI=1S/C11H18N8OS/c1-8(21(3)20)4-5-14-10-16-9(12-2)17-11(18-10)19-7-13-6-15-19/h6-8H,4-5H2,1-3H3,(H2,12,14,16,17,18). The zero-order valence-corrected chi connectivity index (χ0v) is 13.0. The lowest BCUT2D eigenvalue weighted by atomic mass is 10.3. The first kappa shape index (κ1) is 15.3. The third-order valence-electron chi connectivity index (χ3n) is 2.87. The number of nitrogens with one attached hydrogen (secondary N) is 2. The van der Waals surface area contributed by atoms with Crippen molar-refractivity contribution in [3.63, 3.8) is 0 Å². The Balaban J connectivity index is 2.09. The van der Waals surface area contributed by atoms with Crippen LogP contribution >= 0.6 is 0 Å². The van der Waals surface area contributed by atoms with Gasteiger partial charge < -0.3 is 10.6 Å². The predicted octanol–water partition coefficient (Wildman–Crippen LogP) is 0.0630. The van der Waals surface area contributed by atoms with E-state index >= 15 is 0 Å². The summed E-state index contributed by atoms with van der Waals surface area (Å²) in [4.78, 5) is 16.6. The van der Waals surface area contributed by atoms with E-state index in [9.17, 15) is 4.21 Å². The van der Waals surface area contributed by atoms with Crippen LogP contribution in [0, 0.1) is 0 Å². The molecule has 0 saturated heterocycles. The van der Waals surface area contributed by atoms with Crippen LogP contribution in [0.25, 0.3) is 5.95 Å². The molecule has 2 aromatic rings. The monoisotopic (exact) mass is 310 g/mol. The molecule has 10 heteroatoms. The normalized spacial score (nSPS) is 13.7. The highest BCUT2D eigenvalue weighted by atomic mass is 32.2. The Kier molecular flexibility index (Phi) is 5.14. The summed E-state index contributed by atoms with van der Waals surface area (Å²) in [6, 6.07) is 0. The van der Waals surface area contributed by atoms with E-state index in [-0.39, 0.29) is 5.25 Å². The van der Waals surface area contributed by atoms with Gasteiger partial charge in [-0.1, -0.05) is 6.92 Å². The molecule has 2 N–H and O–H groups in total. The average Bonchev–Trinajstić information content (AvgIpc) is 3.01. The van der Waals surface area contributed by atoms with Crippen molar-refractivity contribution < 1.29 is 4.21 Å². The quantitative estimate of drug-likeness (QED) is 0.739. The van der Waals surface area contributed by atoms with Crippen LogP contribution in [0.15, 0.2) is 12.7 Å². The van der Waals surface area contributed by atoms with E-state index < -0.39 is 10.8 Å². The molecule has 114 valence electrons. The van der Waals surface area contributed by atoms with Crippen LogP contribution in [0.3, 0.4) is 0 Å². The van der Waals surface area contributed by atoms with E-state index in [2.05, 4.69) is 35.7 Å². The van der Waals surface area contributed by atoms with Gasteiger partial charge in [-0.3, -0.25) is 4.21 Å². The fourth-order valence-electron chi connectivity index (χ4n) is 1.52. The fraction of sp³-hybridized carbons (Fsp3) is 0.545. The first-order valence-corrected chi connectivity index (χ1v) is 8.07. The summed E-state index contributed by atoms with van der Waals surface area (Å²) in [5, 5.41) is 10.1. The lowest BCUT2D eigenvalue weighted by molar-refractivity contribution is 0.672. The van der Waals surface area contributed by atoms with Crippen molar-refractivity contribution in [1.82, 2.24) is 29.7 Å². The summed E-state index contributed by atoms with van der Waals surface area (Å²) in [7, 11) is 0.898. The van der Waals surface area contributed by atoms with Crippen molar-refractivity contribution in [2.75, 3.05) is 30.5 Å². The van der Waals surface area contributed by atoms with Gasteiger partial charge in [-0.15, -0.1) is 0 Å². The Bertz CT molecular complexity index is 602. The average molecular weight is 310 g/mol. The Morgan fingerprint density at radius 3 is 2.71 bits per heavy atom. The molecule has 2 atom stereocenters. The molecule has 2 rings (SSSR count). The summed E-state index contributed by atoms with van der Waals surface area (Å²) < 4.78 is 12.8. The van der Waals surface area contributed by atoms with Gasteiger partial charge in [-0.05, 0) is 6.42 Å². The highest BCUT2D eigenvalue weighted by molar-refractivity contribution is 7.84. The Hall–Kier alpha value is -2.10. The molecular weight excluding hydrogens is 292 g/mol. The van der Waals surface area contributed by atoms with Gasteiger partial charge in [0.05, 0.1) is 0 Å².